The number of ether oxygens (including phenoxy) is 2. The first-order valence-corrected chi connectivity index (χ1v) is 9.33. The first-order valence-electron chi connectivity index (χ1n) is 8.95. The Kier molecular flexibility index (Phi) is 9.58. The molecule has 0 unspecified atom stereocenters. The molecule has 140 valence electrons. The zero-order chi connectivity index (χ0) is 18.8. The van der Waals surface area contributed by atoms with Gasteiger partial charge in [0.05, 0.1) is 29.4 Å². The number of carbonyl (C=O) groups excluding carboxylic acids is 2. The molecule has 0 bridgehead atoms. The van der Waals surface area contributed by atoms with Crippen LogP contribution in [0.15, 0.2) is 18.2 Å². The Labute approximate surface area is 155 Å². The fourth-order valence-electron chi connectivity index (χ4n) is 2.36. The van der Waals surface area contributed by atoms with Crippen molar-refractivity contribution >= 4 is 23.5 Å². The predicted molar refractivity (Wildman–Crippen MR) is 100 cm³/mol. The van der Waals surface area contributed by atoms with E-state index in [9.17, 15) is 9.59 Å². The SMILES string of the molecule is CC(C)CCCOC(=O)c1cccc(Cl)c1C(=O)OCCCC(C)C. The van der Waals surface area contributed by atoms with Gasteiger partial charge in [0.1, 0.15) is 0 Å². The van der Waals surface area contributed by atoms with E-state index in [0.717, 1.165) is 25.7 Å². The average molecular weight is 369 g/mol. The highest BCUT2D eigenvalue weighted by atomic mass is 35.5. The zero-order valence-corrected chi connectivity index (χ0v) is 16.4. The summed E-state index contributed by atoms with van der Waals surface area (Å²) in [7, 11) is 0. The van der Waals surface area contributed by atoms with Crippen LogP contribution in [0.25, 0.3) is 0 Å². The Bertz CT molecular complexity index is 567. The minimum atomic E-state index is -0.580. The molecular formula is C20H29ClO4. The van der Waals surface area contributed by atoms with Gasteiger partial charge in [-0.15, -0.1) is 0 Å². The Morgan fingerprint density at radius 3 is 1.96 bits per heavy atom. The van der Waals surface area contributed by atoms with E-state index < -0.39 is 11.9 Å². The molecule has 0 saturated heterocycles. The molecule has 5 heteroatoms. The molecule has 0 fully saturated rings. The van der Waals surface area contributed by atoms with Gasteiger partial charge < -0.3 is 9.47 Å². The first-order chi connectivity index (χ1) is 11.8. The summed E-state index contributed by atoms with van der Waals surface area (Å²) >= 11 is 6.13. The van der Waals surface area contributed by atoms with Crippen LogP contribution >= 0.6 is 11.6 Å². The molecule has 1 rings (SSSR count). The molecule has 0 spiro atoms. The van der Waals surface area contributed by atoms with Crippen molar-refractivity contribution in [2.24, 2.45) is 11.8 Å². The van der Waals surface area contributed by atoms with Crippen molar-refractivity contribution in [1.29, 1.82) is 0 Å². The standard InChI is InChI=1S/C20H29ClO4/c1-14(2)8-6-12-24-19(22)16-10-5-11-17(21)18(16)20(23)25-13-7-9-15(3)4/h5,10-11,14-15H,6-9,12-13H2,1-4H3. The van der Waals surface area contributed by atoms with E-state index in [2.05, 4.69) is 27.7 Å². The van der Waals surface area contributed by atoms with Gasteiger partial charge in [-0.25, -0.2) is 9.59 Å². The lowest BCUT2D eigenvalue weighted by molar-refractivity contribution is 0.0448. The molecule has 0 amide bonds. The third-order valence-electron chi connectivity index (χ3n) is 3.76. The summed E-state index contributed by atoms with van der Waals surface area (Å²) in [5, 5.41) is 0.200. The molecule has 25 heavy (non-hydrogen) atoms. The molecule has 0 radical (unpaired) electrons. The molecular weight excluding hydrogens is 340 g/mol. The fourth-order valence-corrected chi connectivity index (χ4v) is 2.62. The second-order valence-electron chi connectivity index (χ2n) is 7.01. The monoisotopic (exact) mass is 368 g/mol. The van der Waals surface area contributed by atoms with Crippen LogP contribution in [0.1, 0.15) is 74.1 Å². The van der Waals surface area contributed by atoms with Crippen molar-refractivity contribution in [1.82, 2.24) is 0 Å². The maximum absolute atomic E-state index is 12.3. The van der Waals surface area contributed by atoms with Crippen LogP contribution in [0.2, 0.25) is 5.02 Å². The Morgan fingerprint density at radius 2 is 1.44 bits per heavy atom. The van der Waals surface area contributed by atoms with Gasteiger partial charge in [-0.3, -0.25) is 0 Å². The highest BCUT2D eigenvalue weighted by molar-refractivity contribution is 6.34. The first kappa shape index (κ1) is 21.5. The van der Waals surface area contributed by atoms with E-state index in [1.165, 1.54) is 0 Å². The smallest absolute Gasteiger partial charge is 0.340 e. The van der Waals surface area contributed by atoms with Crippen LogP contribution in [0.5, 0.6) is 0 Å². The van der Waals surface area contributed by atoms with Crippen molar-refractivity contribution in [2.75, 3.05) is 13.2 Å². The predicted octanol–water partition coefficient (Wildman–Crippen LogP) is 5.53. The number of rotatable bonds is 10. The molecule has 4 nitrogen and oxygen atoms in total. The molecule has 0 N–H and O–H groups in total. The number of hydrogen-bond donors (Lipinski definition) is 0. The van der Waals surface area contributed by atoms with Crippen LogP contribution in [0.4, 0.5) is 0 Å². The summed E-state index contributed by atoms with van der Waals surface area (Å²) in [5.41, 5.74) is 0.244. The van der Waals surface area contributed by atoms with E-state index in [0.29, 0.717) is 25.0 Å². The van der Waals surface area contributed by atoms with Crippen LogP contribution in [-0.4, -0.2) is 25.2 Å². The molecule has 0 aromatic heterocycles. The van der Waals surface area contributed by atoms with Gasteiger partial charge in [0, 0.05) is 0 Å². The third-order valence-corrected chi connectivity index (χ3v) is 4.07. The number of esters is 2. The lowest BCUT2D eigenvalue weighted by Gasteiger charge is -2.12. The van der Waals surface area contributed by atoms with Crippen molar-refractivity contribution in [3.05, 3.63) is 34.3 Å². The quantitative estimate of drug-likeness (QED) is 0.402. The molecule has 1 aromatic rings. The summed E-state index contributed by atoms with van der Waals surface area (Å²) in [4.78, 5) is 24.6. The summed E-state index contributed by atoms with van der Waals surface area (Å²) in [6, 6.07) is 4.74. The van der Waals surface area contributed by atoms with Crippen LogP contribution in [0.3, 0.4) is 0 Å². The molecule has 0 aliphatic rings. The second kappa shape index (κ2) is 11.1. The number of halogens is 1. The van der Waals surface area contributed by atoms with Crippen LogP contribution in [0, 0.1) is 11.8 Å². The van der Waals surface area contributed by atoms with Crippen molar-refractivity contribution < 1.29 is 19.1 Å². The second-order valence-corrected chi connectivity index (χ2v) is 7.41. The normalized spacial score (nSPS) is 11.0. The Balaban J connectivity index is 2.69. The van der Waals surface area contributed by atoms with E-state index in [1.807, 2.05) is 0 Å². The van der Waals surface area contributed by atoms with E-state index in [-0.39, 0.29) is 16.1 Å². The average Bonchev–Trinajstić information content (AvgIpc) is 2.54. The molecule has 1 aromatic carbocycles. The van der Waals surface area contributed by atoms with Gasteiger partial charge in [0.15, 0.2) is 0 Å². The topological polar surface area (TPSA) is 52.6 Å². The highest BCUT2D eigenvalue weighted by Crippen LogP contribution is 2.22. The van der Waals surface area contributed by atoms with E-state index in [4.69, 9.17) is 21.1 Å². The maximum atomic E-state index is 12.3. The summed E-state index contributed by atoms with van der Waals surface area (Å²) in [5.74, 6) is -0.0134. The third kappa shape index (κ3) is 7.91. The van der Waals surface area contributed by atoms with Crippen molar-refractivity contribution in [2.45, 2.75) is 53.4 Å². The summed E-state index contributed by atoms with van der Waals surface area (Å²) in [6.45, 7) is 9.10. The van der Waals surface area contributed by atoms with Crippen LogP contribution in [-0.2, 0) is 9.47 Å². The fraction of sp³-hybridized carbons (Fsp3) is 0.600. The number of benzene rings is 1. The van der Waals surface area contributed by atoms with Crippen molar-refractivity contribution in [3.63, 3.8) is 0 Å². The lowest BCUT2D eigenvalue weighted by atomic mass is 10.1. The summed E-state index contributed by atoms with van der Waals surface area (Å²) < 4.78 is 10.6. The molecule has 0 heterocycles. The minimum Gasteiger partial charge on any atom is -0.462 e. The van der Waals surface area contributed by atoms with Gasteiger partial charge in [-0.05, 0) is 49.7 Å². The van der Waals surface area contributed by atoms with Gasteiger partial charge >= 0.3 is 11.9 Å². The largest absolute Gasteiger partial charge is 0.462 e. The summed E-state index contributed by atoms with van der Waals surface area (Å²) in [6.07, 6.45) is 3.52. The Hall–Kier alpha value is -1.55. The number of carbonyl (C=O) groups is 2. The Morgan fingerprint density at radius 1 is 0.920 bits per heavy atom. The lowest BCUT2D eigenvalue weighted by Crippen LogP contribution is -2.16. The molecule has 0 atom stereocenters. The van der Waals surface area contributed by atoms with Crippen molar-refractivity contribution in [3.8, 4) is 0 Å². The van der Waals surface area contributed by atoms with E-state index >= 15 is 0 Å². The van der Waals surface area contributed by atoms with Crippen LogP contribution < -0.4 is 0 Å². The van der Waals surface area contributed by atoms with Gasteiger partial charge in [-0.1, -0.05) is 45.4 Å². The maximum Gasteiger partial charge on any atom is 0.340 e. The minimum absolute atomic E-state index is 0.0857. The number of hydrogen-bond acceptors (Lipinski definition) is 4. The molecule has 0 aliphatic carbocycles. The molecule has 0 saturated carbocycles. The van der Waals surface area contributed by atoms with Gasteiger partial charge in [0.25, 0.3) is 0 Å². The zero-order valence-electron chi connectivity index (χ0n) is 15.6. The van der Waals surface area contributed by atoms with E-state index in [1.54, 1.807) is 18.2 Å². The molecule has 0 aliphatic heterocycles. The highest BCUT2D eigenvalue weighted by Gasteiger charge is 2.22. The van der Waals surface area contributed by atoms with Gasteiger partial charge in [-0.2, -0.15) is 0 Å². The van der Waals surface area contributed by atoms with Gasteiger partial charge in [0.2, 0.25) is 0 Å².